The fourth-order valence-corrected chi connectivity index (χ4v) is 2.74. The normalized spacial score (nSPS) is 11.9. The van der Waals surface area contributed by atoms with Crippen molar-refractivity contribution in [2.75, 3.05) is 5.32 Å². The molecule has 0 saturated carbocycles. The number of ether oxygens (including phenoxy) is 1. The number of pyridine rings is 1. The van der Waals surface area contributed by atoms with Gasteiger partial charge in [-0.3, -0.25) is 9.78 Å². The first-order chi connectivity index (χ1) is 11.7. The molecule has 5 heteroatoms. The van der Waals surface area contributed by atoms with Crippen molar-refractivity contribution >= 4 is 11.6 Å². The zero-order valence-electron chi connectivity index (χ0n) is 12.6. The SMILES string of the molecule is O=C(Nc1ccc2c(c1)OCc1cnccc1-2)c1cccc(F)c1. The van der Waals surface area contributed by atoms with E-state index in [2.05, 4.69) is 10.3 Å². The van der Waals surface area contributed by atoms with Crippen LogP contribution in [0, 0.1) is 5.82 Å². The number of rotatable bonds is 2. The van der Waals surface area contributed by atoms with Gasteiger partial charge in [0.2, 0.25) is 0 Å². The van der Waals surface area contributed by atoms with E-state index in [-0.39, 0.29) is 11.5 Å². The molecule has 0 spiro atoms. The van der Waals surface area contributed by atoms with Gasteiger partial charge >= 0.3 is 0 Å². The van der Waals surface area contributed by atoms with Crippen LogP contribution in [-0.4, -0.2) is 10.9 Å². The average molecular weight is 320 g/mol. The molecule has 24 heavy (non-hydrogen) atoms. The summed E-state index contributed by atoms with van der Waals surface area (Å²) in [6, 6.07) is 13.0. The van der Waals surface area contributed by atoms with E-state index in [1.54, 1.807) is 30.6 Å². The molecule has 0 atom stereocenters. The predicted molar refractivity (Wildman–Crippen MR) is 88.4 cm³/mol. The third-order valence-corrected chi connectivity index (χ3v) is 3.90. The van der Waals surface area contributed by atoms with Gasteiger partial charge in [-0.1, -0.05) is 6.07 Å². The lowest BCUT2D eigenvalue weighted by atomic mass is 9.98. The largest absolute Gasteiger partial charge is 0.488 e. The van der Waals surface area contributed by atoms with Crippen molar-refractivity contribution in [1.82, 2.24) is 4.98 Å². The highest BCUT2D eigenvalue weighted by atomic mass is 19.1. The van der Waals surface area contributed by atoms with Crippen LogP contribution < -0.4 is 10.1 Å². The number of nitrogens with zero attached hydrogens (tertiary/aromatic N) is 1. The fraction of sp³-hybridized carbons (Fsp3) is 0.0526. The van der Waals surface area contributed by atoms with Crippen LogP contribution in [-0.2, 0) is 6.61 Å². The average Bonchev–Trinajstić information content (AvgIpc) is 2.61. The number of fused-ring (bicyclic) bond motifs is 3. The first-order valence-electron chi connectivity index (χ1n) is 7.48. The molecule has 0 saturated heterocycles. The molecule has 1 amide bonds. The summed E-state index contributed by atoms with van der Waals surface area (Å²) >= 11 is 0. The summed E-state index contributed by atoms with van der Waals surface area (Å²) < 4.78 is 19.0. The molecule has 3 aromatic rings. The fourth-order valence-electron chi connectivity index (χ4n) is 2.74. The second-order valence-electron chi connectivity index (χ2n) is 5.50. The van der Waals surface area contributed by atoms with Crippen LogP contribution in [0.2, 0.25) is 0 Å². The number of halogens is 1. The molecule has 1 aromatic heterocycles. The summed E-state index contributed by atoms with van der Waals surface area (Å²) in [7, 11) is 0. The summed E-state index contributed by atoms with van der Waals surface area (Å²) in [5.41, 5.74) is 3.93. The predicted octanol–water partition coefficient (Wildman–Crippen LogP) is 4.03. The number of amides is 1. The first-order valence-corrected chi connectivity index (χ1v) is 7.48. The maximum absolute atomic E-state index is 13.2. The van der Waals surface area contributed by atoms with Crippen molar-refractivity contribution in [3.05, 3.63) is 77.9 Å². The molecule has 1 aliphatic rings. The topological polar surface area (TPSA) is 51.2 Å². The van der Waals surface area contributed by atoms with Gasteiger partial charge in [0.25, 0.3) is 5.91 Å². The molecule has 0 aliphatic carbocycles. The van der Waals surface area contributed by atoms with E-state index >= 15 is 0 Å². The Hall–Kier alpha value is -3.21. The third-order valence-electron chi connectivity index (χ3n) is 3.90. The number of hydrogen-bond donors (Lipinski definition) is 1. The van der Waals surface area contributed by atoms with Gasteiger partial charge in [-0.2, -0.15) is 0 Å². The number of carbonyl (C=O) groups is 1. The van der Waals surface area contributed by atoms with Crippen LogP contribution in [0.1, 0.15) is 15.9 Å². The molecule has 1 aliphatic heterocycles. The standard InChI is InChI=1S/C19H13FN2O2/c20-14-3-1-2-12(8-14)19(23)22-15-4-5-17-16-6-7-21-10-13(16)11-24-18(17)9-15/h1-10H,11H2,(H,22,23). The lowest BCUT2D eigenvalue weighted by Gasteiger charge is -2.21. The Kier molecular flexibility index (Phi) is 3.46. The van der Waals surface area contributed by atoms with Gasteiger partial charge in [-0.25, -0.2) is 4.39 Å². The molecule has 0 unspecified atom stereocenters. The highest BCUT2D eigenvalue weighted by Crippen LogP contribution is 2.38. The quantitative estimate of drug-likeness (QED) is 0.775. The first kappa shape index (κ1) is 14.4. The number of aromatic nitrogens is 1. The maximum atomic E-state index is 13.2. The van der Waals surface area contributed by atoms with Gasteiger partial charge in [0, 0.05) is 40.8 Å². The summed E-state index contributed by atoms with van der Waals surface area (Å²) in [5, 5.41) is 2.76. The lowest BCUT2D eigenvalue weighted by molar-refractivity contribution is 0.102. The summed E-state index contributed by atoms with van der Waals surface area (Å²) in [6.07, 6.45) is 3.53. The van der Waals surface area contributed by atoms with E-state index in [0.29, 0.717) is 18.0 Å². The molecule has 1 N–H and O–H groups in total. The van der Waals surface area contributed by atoms with Crippen molar-refractivity contribution in [2.24, 2.45) is 0 Å². The molecule has 0 bridgehead atoms. The number of anilines is 1. The number of nitrogens with one attached hydrogen (secondary N) is 1. The Balaban J connectivity index is 1.62. The molecule has 118 valence electrons. The van der Waals surface area contributed by atoms with E-state index in [1.165, 1.54) is 18.2 Å². The van der Waals surface area contributed by atoms with E-state index in [9.17, 15) is 9.18 Å². The van der Waals surface area contributed by atoms with Crippen molar-refractivity contribution in [2.45, 2.75) is 6.61 Å². The second kappa shape index (κ2) is 5.77. The highest BCUT2D eigenvalue weighted by molar-refractivity contribution is 6.04. The van der Waals surface area contributed by atoms with E-state index in [4.69, 9.17) is 4.74 Å². The third kappa shape index (κ3) is 2.60. The summed E-state index contributed by atoms with van der Waals surface area (Å²) in [5.74, 6) is -0.109. The lowest BCUT2D eigenvalue weighted by Crippen LogP contribution is -2.13. The van der Waals surface area contributed by atoms with Gasteiger partial charge in [0.1, 0.15) is 18.2 Å². The molecule has 4 rings (SSSR count). The smallest absolute Gasteiger partial charge is 0.255 e. The number of carbonyl (C=O) groups excluding carboxylic acids is 1. The van der Waals surface area contributed by atoms with E-state index in [0.717, 1.165) is 16.7 Å². The maximum Gasteiger partial charge on any atom is 0.255 e. The van der Waals surface area contributed by atoms with E-state index < -0.39 is 5.82 Å². The molecule has 2 heterocycles. The zero-order chi connectivity index (χ0) is 16.5. The minimum absolute atomic E-state index is 0.269. The van der Waals surface area contributed by atoms with Crippen molar-refractivity contribution in [3.8, 4) is 16.9 Å². The van der Waals surface area contributed by atoms with Gasteiger partial charge in [-0.15, -0.1) is 0 Å². The van der Waals surface area contributed by atoms with Crippen LogP contribution in [0.4, 0.5) is 10.1 Å². The minimum atomic E-state index is -0.443. The molecular formula is C19H13FN2O2. The van der Waals surface area contributed by atoms with Crippen molar-refractivity contribution < 1.29 is 13.9 Å². The van der Waals surface area contributed by atoms with Gasteiger partial charge in [0.15, 0.2) is 0 Å². The van der Waals surface area contributed by atoms with Crippen LogP contribution in [0.3, 0.4) is 0 Å². The van der Waals surface area contributed by atoms with E-state index in [1.807, 2.05) is 12.1 Å². The van der Waals surface area contributed by atoms with Gasteiger partial charge < -0.3 is 10.1 Å². The van der Waals surface area contributed by atoms with Gasteiger partial charge in [0.05, 0.1) is 0 Å². The molecule has 0 fully saturated rings. The van der Waals surface area contributed by atoms with Crippen LogP contribution in [0.15, 0.2) is 60.9 Å². The number of hydrogen-bond acceptors (Lipinski definition) is 3. The van der Waals surface area contributed by atoms with Gasteiger partial charge in [-0.05, 0) is 42.0 Å². The molecule has 4 nitrogen and oxygen atoms in total. The minimum Gasteiger partial charge on any atom is -0.488 e. The Morgan fingerprint density at radius 3 is 2.92 bits per heavy atom. The van der Waals surface area contributed by atoms with Crippen LogP contribution >= 0.6 is 0 Å². The van der Waals surface area contributed by atoms with Crippen molar-refractivity contribution in [1.29, 1.82) is 0 Å². The Bertz CT molecular complexity index is 940. The number of benzene rings is 2. The van der Waals surface area contributed by atoms with Crippen LogP contribution in [0.5, 0.6) is 5.75 Å². The molecule has 2 aromatic carbocycles. The molecule has 0 radical (unpaired) electrons. The molecular weight excluding hydrogens is 307 g/mol. The second-order valence-corrected chi connectivity index (χ2v) is 5.50. The Labute approximate surface area is 137 Å². The van der Waals surface area contributed by atoms with Crippen LogP contribution in [0.25, 0.3) is 11.1 Å². The summed E-state index contributed by atoms with van der Waals surface area (Å²) in [6.45, 7) is 0.442. The zero-order valence-corrected chi connectivity index (χ0v) is 12.6. The van der Waals surface area contributed by atoms with Crippen molar-refractivity contribution in [3.63, 3.8) is 0 Å². The Morgan fingerprint density at radius 2 is 2.04 bits per heavy atom. The summed E-state index contributed by atoms with van der Waals surface area (Å²) in [4.78, 5) is 16.3. The Morgan fingerprint density at radius 1 is 1.12 bits per heavy atom. The highest BCUT2D eigenvalue weighted by Gasteiger charge is 2.18. The monoisotopic (exact) mass is 320 g/mol.